The monoisotopic (exact) mass is 415 g/mol. The molecule has 9 nitrogen and oxygen atoms in total. The van der Waals surface area contributed by atoms with Gasteiger partial charge in [0, 0.05) is 0 Å². The number of urea groups is 1. The quantitative estimate of drug-likeness (QED) is 0.454. The number of hydrogen-bond donors (Lipinski definition) is 2. The Morgan fingerprint density at radius 1 is 1.29 bits per heavy atom. The molecule has 1 aliphatic heterocycles. The van der Waals surface area contributed by atoms with Gasteiger partial charge in [0.1, 0.15) is 22.9 Å². The molecule has 0 unspecified atom stereocenters. The molecule has 0 aliphatic carbocycles. The Kier molecular flexibility index (Phi) is 6.60. The van der Waals surface area contributed by atoms with Crippen molar-refractivity contribution in [3.8, 4) is 5.75 Å². The molecule has 1 heterocycles. The highest BCUT2D eigenvalue weighted by Gasteiger charge is 2.47. The second-order valence-electron chi connectivity index (χ2n) is 6.54. The third-order valence-corrected chi connectivity index (χ3v) is 5.85. The van der Waals surface area contributed by atoms with Crippen LogP contribution < -0.4 is 15.5 Å². The summed E-state index contributed by atoms with van der Waals surface area (Å²) >= 11 is 0. The summed E-state index contributed by atoms with van der Waals surface area (Å²) in [6.45, 7) is 3.27. The molecule has 1 aromatic carbocycles. The Morgan fingerprint density at radius 2 is 1.93 bits per heavy atom. The van der Waals surface area contributed by atoms with Crippen molar-refractivity contribution in [3.05, 3.63) is 30.1 Å². The van der Waals surface area contributed by atoms with Crippen molar-refractivity contribution in [2.24, 2.45) is 0 Å². The largest absolute Gasteiger partial charge is 0.494 e. The Labute approximate surface area is 162 Å². The standard InChI is InChI=1S/C17H22FN3O6S/c1-3-17(2)15(23)21(16(24)19-17)20-14(22)11-28(25,26)10-4-9-27-13-7-5-12(18)6-8-13/h5-8H,3-4,9-11H2,1-2H3,(H,19,24)(H,20,22)/t17-/m0/s1. The first-order chi connectivity index (χ1) is 13.1. The van der Waals surface area contributed by atoms with Crippen molar-refractivity contribution in [1.29, 1.82) is 0 Å². The van der Waals surface area contributed by atoms with E-state index < -0.39 is 44.8 Å². The molecular formula is C17H22FN3O6S. The number of nitrogens with zero attached hydrogens (tertiary/aromatic N) is 1. The van der Waals surface area contributed by atoms with Crippen LogP contribution in [0, 0.1) is 5.82 Å². The summed E-state index contributed by atoms with van der Waals surface area (Å²) in [6, 6.07) is 4.46. The van der Waals surface area contributed by atoms with Crippen molar-refractivity contribution in [2.75, 3.05) is 18.1 Å². The Balaban J connectivity index is 1.80. The first-order valence-electron chi connectivity index (χ1n) is 8.61. The van der Waals surface area contributed by atoms with E-state index in [1.807, 2.05) is 5.43 Å². The molecule has 154 valence electrons. The van der Waals surface area contributed by atoms with E-state index in [1.165, 1.54) is 31.2 Å². The van der Waals surface area contributed by atoms with E-state index >= 15 is 0 Å². The zero-order valence-corrected chi connectivity index (χ0v) is 16.3. The number of hydrazine groups is 1. The number of carbonyl (C=O) groups is 3. The highest BCUT2D eigenvalue weighted by atomic mass is 32.2. The van der Waals surface area contributed by atoms with Crippen LogP contribution in [0.15, 0.2) is 24.3 Å². The minimum Gasteiger partial charge on any atom is -0.494 e. The first-order valence-corrected chi connectivity index (χ1v) is 10.4. The van der Waals surface area contributed by atoms with Crippen LogP contribution in [0.2, 0.25) is 0 Å². The average Bonchev–Trinajstić information content (AvgIpc) is 2.83. The van der Waals surface area contributed by atoms with Gasteiger partial charge in [-0.2, -0.15) is 5.01 Å². The smallest absolute Gasteiger partial charge is 0.344 e. The summed E-state index contributed by atoms with van der Waals surface area (Å²) in [5.41, 5.74) is 0.894. The normalized spacial score (nSPS) is 19.5. The van der Waals surface area contributed by atoms with Gasteiger partial charge in [-0.1, -0.05) is 6.92 Å². The van der Waals surface area contributed by atoms with Crippen LogP contribution in [-0.4, -0.2) is 54.9 Å². The summed E-state index contributed by atoms with van der Waals surface area (Å²) in [4.78, 5) is 36.0. The van der Waals surface area contributed by atoms with Gasteiger partial charge >= 0.3 is 6.03 Å². The van der Waals surface area contributed by atoms with Crippen molar-refractivity contribution < 1.29 is 31.9 Å². The van der Waals surface area contributed by atoms with Gasteiger partial charge in [0.25, 0.3) is 11.8 Å². The second-order valence-corrected chi connectivity index (χ2v) is 8.72. The predicted molar refractivity (Wildman–Crippen MR) is 97.4 cm³/mol. The fourth-order valence-corrected chi connectivity index (χ4v) is 3.62. The van der Waals surface area contributed by atoms with Crippen molar-refractivity contribution in [3.63, 3.8) is 0 Å². The number of imide groups is 1. The molecule has 0 aromatic heterocycles. The molecule has 1 saturated heterocycles. The van der Waals surface area contributed by atoms with Crippen LogP contribution in [0.25, 0.3) is 0 Å². The highest BCUT2D eigenvalue weighted by molar-refractivity contribution is 7.92. The van der Waals surface area contributed by atoms with E-state index in [0.29, 0.717) is 17.2 Å². The van der Waals surface area contributed by atoms with Gasteiger partial charge in [0.2, 0.25) is 0 Å². The Morgan fingerprint density at radius 3 is 2.50 bits per heavy atom. The zero-order chi connectivity index (χ0) is 20.9. The van der Waals surface area contributed by atoms with Gasteiger partial charge in [0.05, 0.1) is 12.4 Å². The van der Waals surface area contributed by atoms with Crippen LogP contribution in [0.4, 0.5) is 9.18 Å². The number of rotatable bonds is 9. The lowest BCUT2D eigenvalue weighted by Gasteiger charge is -2.19. The van der Waals surface area contributed by atoms with Gasteiger partial charge in [-0.25, -0.2) is 17.6 Å². The molecule has 2 rings (SSSR count). The lowest BCUT2D eigenvalue weighted by atomic mass is 10.00. The van der Waals surface area contributed by atoms with E-state index in [2.05, 4.69) is 5.32 Å². The first kappa shape index (κ1) is 21.6. The zero-order valence-electron chi connectivity index (χ0n) is 15.5. The van der Waals surface area contributed by atoms with E-state index in [-0.39, 0.29) is 18.8 Å². The van der Waals surface area contributed by atoms with E-state index in [9.17, 15) is 27.2 Å². The molecule has 0 bridgehead atoms. The number of sulfone groups is 1. The van der Waals surface area contributed by atoms with E-state index in [0.717, 1.165) is 0 Å². The van der Waals surface area contributed by atoms with Crippen LogP contribution >= 0.6 is 0 Å². The van der Waals surface area contributed by atoms with Crippen molar-refractivity contribution in [2.45, 2.75) is 32.2 Å². The van der Waals surface area contributed by atoms with Gasteiger partial charge in [-0.3, -0.25) is 15.0 Å². The molecule has 1 atom stereocenters. The fourth-order valence-electron chi connectivity index (χ4n) is 2.45. The molecule has 0 radical (unpaired) electrons. The SMILES string of the molecule is CC[C@]1(C)NC(=O)N(NC(=O)CS(=O)(=O)CCCOc2ccc(F)cc2)C1=O. The summed E-state index contributed by atoms with van der Waals surface area (Å²) in [7, 11) is -3.77. The van der Waals surface area contributed by atoms with Gasteiger partial charge in [-0.05, 0) is 44.0 Å². The lowest BCUT2D eigenvalue weighted by Crippen LogP contribution is -2.50. The van der Waals surface area contributed by atoms with Crippen LogP contribution in [0.3, 0.4) is 0 Å². The Bertz CT molecular complexity index is 858. The molecule has 11 heteroatoms. The number of hydrogen-bond acceptors (Lipinski definition) is 6. The van der Waals surface area contributed by atoms with Crippen LogP contribution in [0.5, 0.6) is 5.75 Å². The molecule has 4 amide bonds. The highest BCUT2D eigenvalue weighted by Crippen LogP contribution is 2.19. The van der Waals surface area contributed by atoms with Gasteiger partial charge in [-0.15, -0.1) is 0 Å². The lowest BCUT2D eigenvalue weighted by molar-refractivity contribution is -0.138. The van der Waals surface area contributed by atoms with Crippen LogP contribution in [-0.2, 0) is 19.4 Å². The summed E-state index contributed by atoms with van der Waals surface area (Å²) in [5.74, 6) is -2.85. The third kappa shape index (κ3) is 5.41. The average molecular weight is 415 g/mol. The molecule has 1 aliphatic rings. The number of nitrogens with one attached hydrogen (secondary N) is 2. The second kappa shape index (κ2) is 8.55. The summed E-state index contributed by atoms with van der Waals surface area (Å²) in [6.07, 6.45) is 0.431. The van der Waals surface area contributed by atoms with Crippen molar-refractivity contribution >= 4 is 27.7 Å². The number of amides is 4. The van der Waals surface area contributed by atoms with Gasteiger partial charge < -0.3 is 10.1 Å². The molecule has 28 heavy (non-hydrogen) atoms. The maximum atomic E-state index is 12.8. The molecule has 1 fully saturated rings. The van der Waals surface area contributed by atoms with Crippen LogP contribution in [0.1, 0.15) is 26.7 Å². The minimum absolute atomic E-state index is 0.0638. The predicted octanol–water partition coefficient (Wildman–Crippen LogP) is 0.761. The maximum Gasteiger partial charge on any atom is 0.344 e. The fraction of sp³-hybridized carbons (Fsp3) is 0.471. The molecule has 2 N–H and O–H groups in total. The number of halogens is 1. The van der Waals surface area contributed by atoms with E-state index in [4.69, 9.17) is 4.74 Å². The molecular weight excluding hydrogens is 393 g/mol. The van der Waals surface area contributed by atoms with E-state index in [1.54, 1.807) is 6.92 Å². The summed E-state index contributed by atoms with van der Waals surface area (Å²) in [5, 5.41) is 2.94. The molecule has 1 aromatic rings. The molecule has 0 saturated carbocycles. The number of ether oxygens (including phenoxy) is 1. The van der Waals surface area contributed by atoms with Crippen molar-refractivity contribution in [1.82, 2.24) is 15.8 Å². The number of benzene rings is 1. The number of carbonyl (C=O) groups excluding carboxylic acids is 3. The minimum atomic E-state index is -3.77. The van der Waals surface area contributed by atoms with Gasteiger partial charge in [0.15, 0.2) is 9.84 Å². The topological polar surface area (TPSA) is 122 Å². The third-order valence-electron chi connectivity index (χ3n) is 4.24. The maximum absolute atomic E-state index is 12.8. The summed E-state index contributed by atoms with van der Waals surface area (Å²) < 4.78 is 42.2. The molecule has 0 spiro atoms. The Hall–Kier alpha value is -2.69.